The van der Waals surface area contributed by atoms with Crippen LogP contribution in [0.1, 0.15) is 73.6 Å². The third-order valence-electron chi connectivity index (χ3n) is 1.92. The van der Waals surface area contributed by atoms with E-state index in [2.05, 4.69) is 13.8 Å². The molecule has 0 aromatic heterocycles. The maximum atomic E-state index is 9.37. The van der Waals surface area contributed by atoms with Crippen LogP contribution in [-0.2, 0) is 19.2 Å². The van der Waals surface area contributed by atoms with Crippen LogP contribution in [-0.4, -0.2) is 56.0 Å². The lowest BCUT2D eigenvalue weighted by Crippen LogP contribution is -1.89. The average molecular weight is 384 g/mol. The molecule has 0 aliphatic rings. The average Bonchev–Trinajstić information content (AvgIpc) is 2.56. The van der Waals surface area contributed by atoms with Crippen molar-refractivity contribution in [3.63, 3.8) is 0 Å². The lowest BCUT2D eigenvalue weighted by molar-refractivity contribution is -0.137. The number of hydrogen-bond acceptors (Lipinski definition) is 5. The Hall–Kier alpha value is -2.16. The van der Waals surface area contributed by atoms with E-state index in [9.17, 15) is 19.2 Å². The Morgan fingerprint density at radius 1 is 0.615 bits per heavy atom. The van der Waals surface area contributed by atoms with Crippen LogP contribution in [0.2, 0.25) is 0 Å². The van der Waals surface area contributed by atoms with Gasteiger partial charge in [0.2, 0.25) is 0 Å². The Kier molecular flexibility index (Phi) is 41.4. The second-order valence-corrected chi connectivity index (χ2v) is 4.90. The Labute approximate surface area is 155 Å². The molecular weight excluding hydrogens is 348 g/mol. The third kappa shape index (κ3) is 121. The van der Waals surface area contributed by atoms with Gasteiger partial charge in [-0.2, -0.15) is 0 Å². The summed E-state index contributed by atoms with van der Waals surface area (Å²) in [4.78, 5) is 37.5. The Balaban J connectivity index is -0.0000000708. The standard InChI is InChI=1S/C5H12O.4C3H6O2/c1-5(2)3-4-6;4*1-2-3(4)5/h5-6H,3-4H2,1-2H3;4*2H2,1H3,(H,4,5). The van der Waals surface area contributed by atoms with Crippen LogP contribution in [0.5, 0.6) is 0 Å². The predicted octanol–water partition coefficient (Wildman–Crippen LogP) is 2.95. The highest BCUT2D eigenvalue weighted by atomic mass is 16.4. The molecule has 0 spiro atoms. The highest BCUT2D eigenvalue weighted by molar-refractivity contribution is 5.66. The molecule has 9 heteroatoms. The summed E-state index contributed by atoms with van der Waals surface area (Å²) in [5.41, 5.74) is 0. The van der Waals surface area contributed by atoms with E-state index in [1.54, 1.807) is 27.7 Å². The van der Waals surface area contributed by atoms with Crippen molar-refractivity contribution in [3.8, 4) is 0 Å². The Morgan fingerprint density at radius 2 is 0.769 bits per heavy atom. The molecule has 9 nitrogen and oxygen atoms in total. The number of aliphatic hydroxyl groups excluding tert-OH is 1. The van der Waals surface area contributed by atoms with Crippen LogP contribution in [0.3, 0.4) is 0 Å². The fraction of sp³-hybridized carbons (Fsp3) is 0.765. The van der Waals surface area contributed by atoms with Gasteiger partial charge in [-0.3, -0.25) is 19.2 Å². The molecule has 26 heavy (non-hydrogen) atoms. The topological polar surface area (TPSA) is 169 Å². The van der Waals surface area contributed by atoms with Crippen molar-refractivity contribution in [2.75, 3.05) is 6.61 Å². The summed E-state index contributed by atoms with van der Waals surface area (Å²) < 4.78 is 0. The van der Waals surface area contributed by atoms with Gasteiger partial charge in [-0.15, -0.1) is 0 Å². The molecule has 0 fully saturated rings. The van der Waals surface area contributed by atoms with E-state index >= 15 is 0 Å². The normalized spacial score (nSPS) is 8.00. The molecule has 0 heterocycles. The fourth-order valence-corrected chi connectivity index (χ4v) is 0.258. The summed E-state index contributed by atoms with van der Waals surface area (Å²) in [5.74, 6) is -2.33. The summed E-state index contributed by atoms with van der Waals surface area (Å²) in [6.07, 6.45) is 1.82. The van der Waals surface area contributed by atoms with Gasteiger partial charge in [-0.1, -0.05) is 41.5 Å². The second kappa shape index (κ2) is 30.7. The van der Waals surface area contributed by atoms with E-state index in [4.69, 9.17) is 25.5 Å². The van der Waals surface area contributed by atoms with E-state index in [1.165, 1.54) is 0 Å². The van der Waals surface area contributed by atoms with Crippen LogP contribution in [0, 0.1) is 5.92 Å². The quantitative estimate of drug-likeness (QED) is 0.462. The van der Waals surface area contributed by atoms with Crippen molar-refractivity contribution < 1.29 is 44.7 Å². The minimum absolute atomic E-state index is 0.222. The van der Waals surface area contributed by atoms with Crippen LogP contribution < -0.4 is 0 Å². The third-order valence-corrected chi connectivity index (χ3v) is 1.92. The second-order valence-electron chi connectivity index (χ2n) is 4.90. The summed E-state index contributed by atoms with van der Waals surface area (Å²) in [6, 6.07) is 0. The summed E-state index contributed by atoms with van der Waals surface area (Å²) >= 11 is 0. The maximum absolute atomic E-state index is 9.37. The van der Waals surface area contributed by atoms with E-state index in [0.717, 1.165) is 6.42 Å². The molecule has 5 N–H and O–H groups in total. The van der Waals surface area contributed by atoms with Crippen LogP contribution in [0.4, 0.5) is 0 Å². The first-order valence-electron chi connectivity index (χ1n) is 8.33. The van der Waals surface area contributed by atoms with Crippen molar-refractivity contribution in [3.05, 3.63) is 0 Å². The van der Waals surface area contributed by atoms with Crippen LogP contribution in [0.15, 0.2) is 0 Å². The number of aliphatic carboxylic acids is 4. The summed E-state index contributed by atoms with van der Waals surface area (Å²) in [6.45, 7) is 10.9. The number of carboxylic acid groups (broad SMARTS) is 4. The molecule has 0 atom stereocenters. The fourth-order valence-electron chi connectivity index (χ4n) is 0.258. The lowest BCUT2D eigenvalue weighted by atomic mass is 10.2. The van der Waals surface area contributed by atoms with Gasteiger partial charge in [-0.05, 0) is 12.3 Å². The molecule has 0 radical (unpaired) electrons. The van der Waals surface area contributed by atoms with Crippen LogP contribution >= 0.6 is 0 Å². The van der Waals surface area contributed by atoms with Crippen molar-refractivity contribution in [2.45, 2.75) is 73.6 Å². The highest BCUT2D eigenvalue weighted by Gasteiger charge is 1.86. The molecule has 0 aromatic carbocycles. The molecule has 0 amide bonds. The maximum Gasteiger partial charge on any atom is 0.303 e. The van der Waals surface area contributed by atoms with Gasteiger partial charge in [0.1, 0.15) is 0 Å². The molecule has 0 aromatic rings. The molecule has 0 unspecified atom stereocenters. The van der Waals surface area contributed by atoms with Crippen molar-refractivity contribution >= 4 is 23.9 Å². The Bertz CT molecular complexity index is 283. The summed E-state index contributed by atoms with van der Waals surface area (Å²) in [5, 5.41) is 39.1. The predicted molar refractivity (Wildman–Crippen MR) is 98.2 cm³/mol. The first-order chi connectivity index (χ1) is 11.9. The van der Waals surface area contributed by atoms with E-state index in [0.29, 0.717) is 12.5 Å². The Morgan fingerprint density at radius 3 is 0.769 bits per heavy atom. The van der Waals surface area contributed by atoms with Gasteiger partial charge in [0.05, 0.1) is 0 Å². The van der Waals surface area contributed by atoms with Gasteiger partial charge < -0.3 is 25.5 Å². The lowest BCUT2D eigenvalue weighted by Gasteiger charge is -1.95. The zero-order chi connectivity index (χ0) is 22.1. The summed E-state index contributed by atoms with van der Waals surface area (Å²) in [7, 11) is 0. The molecule has 0 rings (SSSR count). The van der Waals surface area contributed by atoms with Crippen molar-refractivity contribution in [2.24, 2.45) is 5.92 Å². The minimum Gasteiger partial charge on any atom is -0.481 e. The number of hydrogen-bond donors (Lipinski definition) is 5. The number of carboxylic acids is 4. The van der Waals surface area contributed by atoms with Gasteiger partial charge in [0.15, 0.2) is 0 Å². The van der Waals surface area contributed by atoms with Crippen LogP contribution in [0.25, 0.3) is 0 Å². The minimum atomic E-state index is -0.745. The molecule has 0 aliphatic heterocycles. The molecule has 158 valence electrons. The molecule has 0 bridgehead atoms. The monoisotopic (exact) mass is 384 g/mol. The number of aliphatic hydroxyl groups is 1. The molecular formula is C17H36O9. The smallest absolute Gasteiger partial charge is 0.303 e. The van der Waals surface area contributed by atoms with Gasteiger partial charge >= 0.3 is 23.9 Å². The van der Waals surface area contributed by atoms with E-state index in [1.807, 2.05) is 0 Å². The molecule has 0 saturated carbocycles. The SMILES string of the molecule is CC(C)CCO.CCC(=O)O.CCC(=O)O.CCC(=O)O.CCC(=O)O. The van der Waals surface area contributed by atoms with Crippen molar-refractivity contribution in [1.29, 1.82) is 0 Å². The van der Waals surface area contributed by atoms with Gasteiger partial charge in [0, 0.05) is 32.3 Å². The zero-order valence-electron chi connectivity index (χ0n) is 16.7. The van der Waals surface area contributed by atoms with E-state index in [-0.39, 0.29) is 25.7 Å². The van der Waals surface area contributed by atoms with Crippen molar-refractivity contribution in [1.82, 2.24) is 0 Å². The van der Waals surface area contributed by atoms with Gasteiger partial charge in [0.25, 0.3) is 0 Å². The molecule has 0 aliphatic carbocycles. The van der Waals surface area contributed by atoms with Gasteiger partial charge in [-0.25, -0.2) is 0 Å². The molecule has 0 saturated heterocycles. The highest BCUT2D eigenvalue weighted by Crippen LogP contribution is 1.94. The zero-order valence-corrected chi connectivity index (χ0v) is 16.7. The first kappa shape index (κ1) is 35.0. The number of carbonyl (C=O) groups is 4. The van der Waals surface area contributed by atoms with E-state index < -0.39 is 23.9 Å². The number of rotatable bonds is 6. The largest absolute Gasteiger partial charge is 0.481 e. The first-order valence-corrected chi connectivity index (χ1v) is 8.33.